The van der Waals surface area contributed by atoms with Crippen LogP contribution in [0.4, 0.5) is 0 Å². The predicted molar refractivity (Wildman–Crippen MR) is 95.3 cm³/mol. The topological polar surface area (TPSA) is 43.2 Å². The molecule has 0 N–H and O–H groups in total. The van der Waals surface area contributed by atoms with Gasteiger partial charge in [0.05, 0.1) is 13.1 Å². The molecule has 2 aromatic carbocycles. The first-order chi connectivity index (χ1) is 11.4. The van der Waals surface area contributed by atoms with Gasteiger partial charge in [0, 0.05) is 0 Å². The van der Waals surface area contributed by atoms with E-state index in [0.717, 1.165) is 32.7 Å². The Morgan fingerprint density at radius 1 is 0.826 bits per heavy atom. The number of benzene rings is 2. The summed E-state index contributed by atoms with van der Waals surface area (Å²) in [6.07, 6.45) is 8.50. The second kappa shape index (κ2) is 8.13. The molecule has 3 aliphatic rings. The summed E-state index contributed by atoms with van der Waals surface area (Å²) < 4.78 is 9.31. The zero-order chi connectivity index (χ0) is 15.7. The molecular formula is C19H20N2O2. The van der Waals surface area contributed by atoms with E-state index in [1.54, 1.807) is 0 Å². The zero-order valence-corrected chi connectivity index (χ0v) is 13.0. The maximum absolute atomic E-state index is 4.65. The molecule has 0 fully saturated rings. The van der Waals surface area contributed by atoms with Crippen molar-refractivity contribution >= 4 is 29.6 Å². The number of nitrogens with zero attached hydrogens (tertiary/aromatic N) is 2. The third kappa shape index (κ3) is 4.19. The van der Waals surface area contributed by atoms with Crippen molar-refractivity contribution in [3.8, 4) is 0 Å². The Morgan fingerprint density at radius 3 is 2.09 bits per heavy atom. The van der Waals surface area contributed by atoms with Gasteiger partial charge in [-0.1, -0.05) is 48.6 Å². The number of rotatable bonds is 0. The molecule has 0 bridgehead atoms. The Labute approximate surface area is 136 Å². The number of allylic oxidation sites excluding steroid dienone is 1. The fourth-order valence-corrected chi connectivity index (χ4v) is 2.60. The van der Waals surface area contributed by atoms with E-state index in [-0.39, 0.29) is 0 Å². The van der Waals surface area contributed by atoms with Crippen molar-refractivity contribution in [1.29, 1.82) is 0 Å². The fourth-order valence-electron chi connectivity index (χ4n) is 2.60. The Hall–Kier alpha value is -2.62. The number of hydrogen-bond acceptors (Lipinski definition) is 4. The molecule has 0 saturated heterocycles. The van der Waals surface area contributed by atoms with E-state index in [0.29, 0.717) is 0 Å². The quantitative estimate of drug-likeness (QED) is 0.747. The highest BCUT2D eigenvalue weighted by Crippen LogP contribution is 2.27. The van der Waals surface area contributed by atoms with E-state index in [1.807, 2.05) is 0 Å². The SMILES string of the molecule is C1=Cc2cccc3cccc(c23)C1.C1=NCCO1.C1=NCCO1. The molecule has 23 heavy (non-hydrogen) atoms. The lowest BCUT2D eigenvalue weighted by Gasteiger charge is -2.11. The molecule has 5 rings (SSSR count). The summed E-state index contributed by atoms with van der Waals surface area (Å²) in [6, 6.07) is 13.0. The van der Waals surface area contributed by atoms with Crippen LogP contribution in [0, 0.1) is 0 Å². The monoisotopic (exact) mass is 308 g/mol. The summed E-state index contributed by atoms with van der Waals surface area (Å²) in [6.45, 7) is 3.25. The van der Waals surface area contributed by atoms with E-state index in [2.05, 4.69) is 68.0 Å². The largest absolute Gasteiger partial charge is 0.482 e. The van der Waals surface area contributed by atoms with Gasteiger partial charge in [-0.15, -0.1) is 0 Å². The van der Waals surface area contributed by atoms with Crippen LogP contribution >= 0.6 is 0 Å². The minimum atomic E-state index is 0.778. The van der Waals surface area contributed by atoms with Crippen molar-refractivity contribution in [1.82, 2.24) is 0 Å². The molecule has 0 atom stereocenters. The summed E-state index contributed by atoms with van der Waals surface area (Å²) >= 11 is 0. The van der Waals surface area contributed by atoms with Gasteiger partial charge < -0.3 is 9.47 Å². The highest BCUT2D eigenvalue weighted by Gasteiger charge is 2.06. The maximum Gasteiger partial charge on any atom is 0.169 e. The van der Waals surface area contributed by atoms with Crippen LogP contribution in [0.5, 0.6) is 0 Å². The van der Waals surface area contributed by atoms with Crippen molar-refractivity contribution in [2.45, 2.75) is 6.42 Å². The van der Waals surface area contributed by atoms with Gasteiger partial charge in [-0.2, -0.15) is 0 Å². The molecule has 4 heteroatoms. The maximum atomic E-state index is 4.65. The second-order valence-electron chi connectivity index (χ2n) is 5.23. The number of hydrogen-bond donors (Lipinski definition) is 0. The first kappa shape index (κ1) is 15.3. The Balaban J connectivity index is 0.000000128. The van der Waals surface area contributed by atoms with Crippen LogP contribution in [0.25, 0.3) is 16.8 Å². The fraction of sp³-hybridized carbons (Fsp3) is 0.263. The van der Waals surface area contributed by atoms with Crippen molar-refractivity contribution < 1.29 is 9.47 Å². The molecule has 0 unspecified atom stereocenters. The highest BCUT2D eigenvalue weighted by molar-refractivity contribution is 5.94. The van der Waals surface area contributed by atoms with E-state index < -0.39 is 0 Å². The lowest BCUT2D eigenvalue weighted by Crippen LogP contribution is -1.91. The summed E-state index contributed by atoms with van der Waals surface area (Å²) in [4.78, 5) is 7.47. The number of ether oxygens (including phenoxy) is 2. The molecular weight excluding hydrogens is 288 g/mol. The highest BCUT2D eigenvalue weighted by atomic mass is 16.5. The summed E-state index contributed by atoms with van der Waals surface area (Å²) in [7, 11) is 0. The van der Waals surface area contributed by atoms with Gasteiger partial charge in [-0.3, -0.25) is 9.98 Å². The van der Waals surface area contributed by atoms with Crippen LogP contribution in [-0.2, 0) is 15.9 Å². The molecule has 2 aliphatic heterocycles. The van der Waals surface area contributed by atoms with Gasteiger partial charge in [-0.25, -0.2) is 0 Å². The molecule has 0 radical (unpaired) electrons. The third-order valence-corrected chi connectivity index (χ3v) is 3.63. The molecule has 0 amide bonds. The lowest BCUT2D eigenvalue weighted by molar-refractivity contribution is 0.361. The van der Waals surface area contributed by atoms with Gasteiger partial charge in [-0.05, 0) is 28.3 Å². The van der Waals surface area contributed by atoms with Crippen LogP contribution in [0.15, 0.2) is 52.5 Å². The zero-order valence-electron chi connectivity index (χ0n) is 13.0. The predicted octanol–water partition coefficient (Wildman–Crippen LogP) is 3.50. The smallest absolute Gasteiger partial charge is 0.169 e. The Kier molecular flexibility index (Phi) is 5.40. The summed E-state index contributed by atoms with van der Waals surface area (Å²) in [5.41, 5.74) is 2.81. The number of aliphatic imine (C=N–C) groups is 2. The van der Waals surface area contributed by atoms with E-state index >= 15 is 0 Å². The Morgan fingerprint density at radius 2 is 1.52 bits per heavy atom. The van der Waals surface area contributed by atoms with Crippen molar-refractivity contribution in [2.24, 2.45) is 9.98 Å². The summed E-state index contributed by atoms with van der Waals surface area (Å²) in [5.74, 6) is 0. The standard InChI is InChI=1S/C13H10.2C3H5NO/c1-4-10-6-2-8-12-9-3-7-11(5-1)13(10)12;2*1-2-5-3-4-1/h1-8H,9H2;2*3H,1-2H2. The Bertz CT molecular complexity index is 702. The van der Waals surface area contributed by atoms with Crippen molar-refractivity contribution in [3.05, 3.63) is 53.6 Å². The van der Waals surface area contributed by atoms with Crippen LogP contribution in [0.2, 0.25) is 0 Å². The molecule has 2 heterocycles. The van der Waals surface area contributed by atoms with Gasteiger partial charge in [0.2, 0.25) is 0 Å². The van der Waals surface area contributed by atoms with Crippen molar-refractivity contribution in [2.75, 3.05) is 26.3 Å². The van der Waals surface area contributed by atoms with Gasteiger partial charge in [0.25, 0.3) is 0 Å². The minimum Gasteiger partial charge on any atom is -0.482 e. The minimum absolute atomic E-state index is 0.778. The average molecular weight is 308 g/mol. The molecule has 2 aromatic rings. The van der Waals surface area contributed by atoms with Crippen LogP contribution in [-0.4, -0.2) is 39.1 Å². The van der Waals surface area contributed by atoms with Crippen LogP contribution in [0.1, 0.15) is 11.1 Å². The van der Waals surface area contributed by atoms with E-state index in [1.165, 1.54) is 34.7 Å². The third-order valence-electron chi connectivity index (χ3n) is 3.63. The molecule has 0 aromatic heterocycles. The van der Waals surface area contributed by atoms with Crippen LogP contribution < -0.4 is 0 Å². The second-order valence-corrected chi connectivity index (χ2v) is 5.23. The van der Waals surface area contributed by atoms with Gasteiger partial charge >= 0.3 is 0 Å². The first-order valence-electron chi connectivity index (χ1n) is 7.82. The molecule has 0 saturated carbocycles. The van der Waals surface area contributed by atoms with Gasteiger partial charge in [0.1, 0.15) is 13.2 Å². The molecule has 4 nitrogen and oxygen atoms in total. The van der Waals surface area contributed by atoms with E-state index in [9.17, 15) is 0 Å². The molecule has 1 aliphatic carbocycles. The van der Waals surface area contributed by atoms with Gasteiger partial charge in [0.15, 0.2) is 12.8 Å². The normalized spacial score (nSPS) is 16.0. The molecule has 118 valence electrons. The van der Waals surface area contributed by atoms with Crippen molar-refractivity contribution in [3.63, 3.8) is 0 Å². The average Bonchev–Trinajstić information content (AvgIpc) is 3.35. The first-order valence-corrected chi connectivity index (χ1v) is 7.82. The van der Waals surface area contributed by atoms with Crippen LogP contribution in [0.3, 0.4) is 0 Å². The molecule has 0 spiro atoms. The van der Waals surface area contributed by atoms with E-state index in [4.69, 9.17) is 0 Å². The lowest BCUT2D eigenvalue weighted by atomic mass is 9.93. The summed E-state index contributed by atoms with van der Waals surface area (Å²) in [5, 5.41) is 2.80.